The molecule has 0 aliphatic rings. The van der Waals surface area contributed by atoms with Crippen LogP contribution in [0.3, 0.4) is 0 Å². The summed E-state index contributed by atoms with van der Waals surface area (Å²) < 4.78 is 5.85. The van der Waals surface area contributed by atoms with Gasteiger partial charge >= 0.3 is 0 Å². The molecule has 0 aliphatic carbocycles. The van der Waals surface area contributed by atoms with E-state index in [9.17, 15) is 10.2 Å². The highest BCUT2D eigenvalue weighted by atomic mass is 16.5. The number of pyridine rings is 1. The van der Waals surface area contributed by atoms with Crippen LogP contribution in [0.5, 0.6) is 17.2 Å². The van der Waals surface area contributed by atoms with Gasteiger partial charge in [-0.25, -0.2) is 0 Å². The van der Waals surface area contributed by atoms with Gasteiger partial charge in [0, 0.05) is 29.7 Å². The maximum absolute atomic E-state index is 9.56. The van der Waals surface area contributed by atoms with Crippen LogP contribution < -0.4 is 10.1 Å². The predicted molar refractivity (Wildman–Crippen MR) is 116 cm³/mol. The Morgan fingerprint density at radius 3 is 2.52 bits per heavy atom. The second kappa shape index (κ2) is 10.3. The molecule has 0 radical (unpaired) electrons. The summed E-state index contributed by atoms with van der Waals surface area (Å²) in [4.78, 5) is 4.34. The van der Waals surface area contributed by atoms with Crippen LogP contribution in [0.15, 0.2) is 73.4 Å². The van der Waals surface area contributed by atoms with Gasteiger partial charge in [-0.15, -0.1) is 0 Å². The number of unbranched alkanes of at least 4 members (excludes halogenated alkanes) is 1. The van der Waals surface area contributed by atoms with E-state index in [0.717, 1.165) is 42.8 Å². The number of aryl methyl sites for hydroxylation is 1. The smallest absolute Gasteiger partial charge is 0.128 e. The van der Waals surface area contributed by atoms with Crippen molar-refractivity contribution in [3.8, 4) is 17.2 Å². The Hall–Kier alpha value is -3.31. The first-order chi connectivity index (χ1) is 14.2. The molecule has 0 fully saturated rings. The van der Waals surface area contributed by atoms with E-state index in [1.165, 1.54) is 0 Å². The van der Waals surface area contributed by atoms with Crippen molar-refractivity contribution >= 4 is 11.3 Å². The summed E-state index contributed by atoms with van der Waals surface area (Å²) in [6.45, 7) is 4.65. The molecule has 5 nitrogen and oxygen atoms in total. The monoisotopic (exact) mass is 390 g/mol. The summed E-state index contributed by atoms with van der Waals surface area (Å²) in [6.07, 6.45) is 4.83. The number of rotatable bonds is 10. The highest BCUT2D eigenvalue weighted by Gasteiger charge is 2.09. The summed E-state index contributed by atoms with van der Waals surface area (Å²) >= 11 is 0. The Kier molecular flexibility index (Phi) is 7.25. The number of aliphatic hydroxyl groups excluding tert-OH is 1. The minimum Gasteiger partial charge on any atom is -0.508 e. The van der Waals surface area contributed by atoms with Crippen LogP contribution in [0, 0.1) is 0 Å². The summed E-state index contributed by atoms with van der Waals surface area (Å²) in [5.74, 6) is 1.45. The van der Waals surface area contributed by atoms with Gasteiger partial charge in [-0.1, -0.05) is 12.6 Å². The second-order valence-corrected chi connectivity index (χ2v) is 6.77. The quantitative estimate of drug-likeness (QED) is 0.424. The molecule has 0 aliphatic heterocycles. The van der Waals surface area contributed by atoms with Crippen molar-refractivity contribution in [1.29, 1.82) is 0 Å². The number of nitrogens with zero attached hydrogens (tertiary/aromatic N) is 1. The summed E-state index contributed by atoms with van der Waals surface area (Å²) in [5, 5.41) is 22.4. The van der Waals surface area contributed by atoms with E-state index in [1.54, 1.807) is 24.3 Å². The van der Waals surface area contributed by atoms with E-state index in [0.29, 0.717) is 17.1 Å². The molecule has 3 aromatic rings. The van der Waals surface area contributed by atoms with E-state index >= 15 is 0 Å². The van der Waals surface area contributed by atoms with Gasteiger partial charge in [0.15, 0.2) is 0 Å². The first kappa shape index (κ1) is 20.4. The summed E-state index contributed by atoms with van der Waals surface area (Å²) in [5.41, 5.74) is 3.48. The Morgan fingerprint density at radius 1 is 1.00 bits per heavy atom. The third-order valence-electron chi connectivity index (χ3n) is 4.54. The normalized spacial score (nSPS) is 10.5. The lowest BCUT2D eigenvalue weighted by Gasteiger charge is -2.15. The maximum atomic E-state index is 9.56. The van der Waals surface area contributed by atoms with Crippen molar-refractivity contribution in [2.24, 2.45) is 0 Å². The van der Waals surface area contributed by atoms with Crippen LogP contribution in [-0.4, -0.2) is 28.3 Å². The Morgan fingerprint density at radius 2 is 1.79 bits per heavy atom. The number of aromatic nitrogens is 1. The zero-order valence-electron chi connectivity index (χ0n) is 16.3. The molecule has 5 heteroatoms. The van der Waals surface area contributed by atoms with Gasteiger partial charge in [0.1, 0.15) is 17.2 Å². The molecule has 3 rings (SSSR count). The molecule has 3 N–H and O–H groups in total. The van der Waals surface area contributed by atoms with Crippen molar-refractivity contribution in [3.63, 3.8) is 0 Å². The number of aliphatic hydroxyl groups is 1. The minimum absolute atomic E-state index is 0.128. The number of phenolic OH excluding ortho intramolecular Hbond substituents is 1. The van der Waals surface area contributed by atoms with Crippen molar-refractivity contribution in [1.82, 2.24) is 4.98 Å². The fourth-order valence-electron chi connectivity index (χ4n) is 2.97. The van der Waals surface area contributed by atoms with Gasteiger partial charge in [0.05, 0.1) is 6.61 Å². The topological polar surface area (TPSA) is 74.6 Å². The van der Waals surface area contributed by atoms with E-state index in [4.69, 9.17) is 4.74 Å². The Bertz CT molecular complexity index is 925. The van der Waals surface area contributed by atoms with Crippen LogP contribution in [0.2, 0.25) is 0 Å². The van der Waals surface area contributed by atoms with E-state index in [2.05, 4.69) is 16.9 Å². The second-order valence-electron chi connectivity index (χ2n) is 6.77. The SMILES string of the molecule is C=C(CO)c1cc(Oc2ccc(O)cc2)ccc1NCCCCc1ccccn1. The molecule has 1 heterocycles. The lowest BCUT2D eigenvalue weighted by atomic mass is 10.0. The summed E-state index contributed by atoms with van der Waals surface area (Å²) in [7, 11) is 0. The predicted octanol–water partition coefficient (Wildman–Crippen LogP) is 5.02. The van der Waals surface area contributed by atoms with Crippen molar-refractivity contribution in [3.05, 3.63) is 84.7 Å². The van der Waals surface area contributed by atoms with Crippen LogP contribution in [0.1, 0.15) is 24.1 Å². The number of ether oxygens (including phenoxy) is 1. The van der Waals surface area contributed by atoms with Crippen molar-refractivity contribution < 1.29 is 14.9 Å². The fraction of sp³-hybridized carbons (Fsp3) is 0.208. The van der Waals surface area contributed by atoms with Crippen LogP contribution in [0.25, 0.3) is 5.57 Å². The van der Waals surface area contributed by atoms with Gasteiger partial charge in [-0.05, 0) is 79.4 Å². The average Bonchev–Trinajstić information content (AvgIpc) is 2.76. The number of anilines is 1. The van der Waals surface area contributed by atoms with Gasteiger partial charge < -0.3 is 20.3 Å². The largest absolute Gasteiger partial charge is 0.508 e. The standard InChI is InChI=1S/C24H26N2O3/c1-18(17-27)23-16-22(29-21-10-8-20(28)9-11-21)12-13-24(23)26-15-5-3-7-19-6-2-4-14-25-19/h2,4,6,8-14,16,26-28H,1,3,5,7,15,17H2. The molecule has 1 aromatic heterocycles. The third kappa shape index (κ3) is 6.09. The molecule has 0 amide bonds. The molecule has 2 aromatic carbocycles. The number of aromatic hydroxyl groups is 1. The third-order valence-corrected chi connectivity index (χ3v) is 4.54. The number of phenols is 1. The highest BCUT2D eigenvalue weighted by molar-refractivity contribution is 5.76. The van der Waals surface area contributed by atoms with E-state index < -0.39 is 0 Å². The highest BCUT2D eigenvalue weighted by Crippen LogP contribution is 2.30. The van der Waals surface area contributed by atoms with Crippen LogP contribution in [0.4, 0.5) is 5.69 Å². The van der Waals surface area contributed by atoms with E-state index in [-0.39, 0.29) is 12.4 Å². The number of hydrogen-bond donors (Lipinski definition) is 3. The number of nitrogens with one attached hydrogen (secondary N) is 1. The first-order valence-electron chi connectivity index (χ1n) is 9.69. The summed E-state index contributed by atoms with van der Waals surface area (Å²) in [6, 6.07) is 18.2. The maximum Gasteiger partial charge on any atom is 0.128 e. The number of benzene rings is 2. The molecule has 0 saturated carbocycles. The Labute approximate surface area is 171 Å². The Balaban J connectivity index is 1.60. The molecular weight excluding hydrogens is 364 g/mol. The van der Waals surface area contributed by atoms with Gasteiger partial charge in [-0.2, -0.15) is 0 Å². The molecule has 0 bridgehead atoms. The van der Waals surface area contributed by atoms with Crippen LogP contribution >= 0.6 is 0 Å². The number of hydrogen-bond acceptors (Lipinski definition) is 5. The fourth-order valence-corrected chi connectivity index (χ4v) is 2.97. The molecular formula is C24H26N2O3. The minimum atomic E-state index is -0.128. The first-order valence-corrected chi connectivity index (χ1v) is 9.69. The van der Waals surface area contributed by atoms with Gasteiger partial charge in [-0.3, -0.25) is 4.98 Å². The van der Waals surface area contributed by atoms with Gasteiger partial charge in [0.2, 0.25) is 0 Å². The lowest BCUT2D eigenvalue weighted by Crippen LogP contribution is -2.05. The zero-order chi connectivity index (χ0) is 20.5. The molecule has 29 heavy (non-hydrogen) atoms. The van der Waals surface area contributed by atoms with Crippen molar-refractivity contribution in [2.45, 2.75) is 19.3 Å². The van der Waals surface area contributed by atoms with Gasteiger partial charge in [0.25, 0.3) is 0 Å². The van der Waals surface area contributed by atoms with E-state index in [1.807, 2.05) is 42.6 Å². The molecule has 0 spiro atoms. The average molecular weight is 390 g/mol. The zero-order valence-corrected chi connectivity index (χ0v) is 16.3. The lowest BCUT2D eigenvalue weighted by molar-refractivity contribution is 0.350. The molecule has 0 saturated heterocycles. The molecule has 0 atom stereocenters. The molecule has 0 unspecified atom stereocenters. The van der Waals surface area contributed by atoms with Crippen LogP contribution in [-0.2, 0) is 6.42 Å². The van der Waals surface area contributed by atoms with Crippen molar-refractivity contribution in [2.75, 3.05) is 18.5 Å². The molecule has 150 valence electrons.